The van der Waals surface area contributed by atoms with Crippen LogP contribution in [0.25, 0.3) is 0 Å². The molecular weight excluding hydrogens is 321 g/mol. The summed E-state index contributed by atoms with van der Waals surface area (Å²) in [7, 11) is 0. The van der Waals surface area contributed by atoms with Crippen molar-refractivity contribution in [2.75, 3.05) is 13.1 Å². The molecule has 5 nitrogen and oxygen atoms in total. The smallest absolute Gasteiger partial charge is 0.239 e. The summed E-state index contributed by atoms with van der Waals surface area (Å²) in [6.07, 6.45) is 3.93. The largest absolute Gasteiger partial charge is 0.348 e. The molecule has 1 fully saturated rings. The predicted molar refractivity (Wildman–Crippen MR) is 88.8 cm³/mol. The van der Waals surface area contributed by atoms with Crippen LogP contribution < -0.4 is 16.4 Å². The minimum atomic E-state index is -0.380. The zero-order valence-corrected chi connectivity index (χ0v) is 13.8. The van der Waals surface area contributed by atoms with Gasteiger partial charge in [0.2, 0.25) is 11.8 Å². The molecule has 1 aromatic carbocycles. The molecule has 0 aliphatic heterocycles. The van der Waals surface area contributed by atoms with E-state index >= 15 is 0 Å². The first kappa shape index (κ1) is 19.4. The highest BCUT2D eigenvalue weighted by Crippen LogP contribution is 2.28. The third-order valence-corrected chi connectivity index (χ3v) is 4.06. The molecule has 0 aromatic heterocycles. The van der Waals surface area contributed by atoms with Crippen LogP contribution in [0.4, 0.5) is 4.39 Å². The maximum absolute atomic E-state index is 13.0. The molecule has 2 amide bonds. The summed E-state index contributed by atoms with van der Waals surface area (Å²) in [5.41, 5.74) is 6.01. The molecule has 23 heavy (non-hydrogen) atoms. The van der Waals surface area contributed by atoms with Crippen molar-refractivity contribution in [3.63, 3.8) is 0 Å². The normalized spacial score (nSPS) is 15.6. The van der Waals surface area contributed by atoms with E-state index in [0.29, 0.717) is 12.1 Å². The van der Waals surface area contributed by atoms with Gasteiger partial charge < -0.3 is 16.4 Å². The summed E-state index contributed by atoms with van der Waals surface area (Å²) in [6, 6.07) is 5.85. The van der Waals surface area contributed by atoms with Gasteiger partial charge in [0.15, 0.2) is 0 Å². The Morgan fingerprint density at radius 1 is 1.22 bits per heavy atom. The van der Waals surface area contributed by atoms with E-state index in [1.165, 1.54) is 12.1 Å². The maximum Gasteiger partial charge on any atom is 0.239 e. The van der Waals surface area contributed by atoms with E-state index in [0.717, 1.165) is 25.7 Å². The molecule has 1 aromatic rings. The van der Waals surface area contributed by atoms with Crippen molar-refractivity contribution in [2.45, 2.75) is 37.6 Å². The summed E-state index contributed by atoms with van der Waals surface area (Å²) in [5, 5.41) is 5.48. The summed E-state index contributed by atoms with van der Waals surface area (Å²) in [5.74, 6) is -0.928. The summed E-state index contributed by atoms with van der Waals surface area (Å²) in [4.78, 5) is 23.7. The molecule has 0 atom stereocenters. The molecule has 4 N–H and O–H groups in total. The Bertz CT molecular complexity index is 548. The zero-order chi connectivity index (χ0) is 16.0. The van der Waals surface area contributed by atoms with Crippen LogP contribution in [-0.4, -0.2) is 30.4 Å². The molecule has 1 saturated carbocycles. The van der Waals surface area contributed by atoms with Crippen molar-refractivity contribution in [2.24, 2.45) is 5.73 Å². The minimum Gasteiger partial charge on any atom is -0.348 e. The number of nitrogens with one attached hydrogen (secondary N) is 2. The highest BCUT2D eigenvalue weighted by atomic mass is 35.5. The highest BCUT2D eigenvalue weighted by molar-refractivity contribution is 5.86. The second-order valence-electron chi connectivity index (χ2n) is 5.82. The molecule has 0 radical (unpaired) electrons. The molecule has 0 unspecified atom stereocenters. The molecule has 0 bridgehead atoms. The van der Waals surface area contributed by atoms with Crippen molar-refractivity contribution >= 4 is 24.2 Å². The van der Waals surface area contributed by atoms with Gasteiger partial charge in [-0.2, -0.15) is 0 Å². The molecule has 7 heteroatoms. The van der Waals surface area contributed by atoms with Gasteiger partial charge in [0.1, 0.15) is 5.82 Å². The van der Waals surface area contributed by atoms with Crippen LogP contribution in [0, 0.1) is 5.82 Å². The summed E-state index contributed by atoms with van der Waals surface area (Å²) < 4.78 is 13.0. The van der Waals surface area contributed by atoms with Crippen molar-refractivity contribution < 1.29 is 14.0 Å². The lowest BCUT2D eigenvalue weighted by atomic mass is 9.98. The van der Waals surface area contributed by atoms with Crippen LogP contribution >= 0.6 is 12.4 Å². The Labute approximate surface area is 141 Å². The zero-order valence-electron chi connectivity index (χ0n) is 12.9. The van der Waals surface area contributed by atoms with Crippen molar-refractivity contribution in [1.29, 1.82) is 0 Å². The number of amides is 2. The number of rotatable bonds is 6. The van der Waals surface area contributed by atoms with Gasteiger partial charge in [0, 0.05) is 6.54 Å². The molecule has 0 spiro atoms. The molecule has 0 saturated heterocycles. The third-order valence-electron chi connectivity index (χ3n) is 4.06. The van der Waals surface area contributed by atoms with E-state index in [-0.39, 0.29) is 48.5 Å². The van der Waals surface area contributed by atoms with Crippen LogP contribution in [-0.2, 0) is 16.0 Å². The first-order chi connectivity index (χ1) is 10.5. The van der Waals surface area contributed by atoms with E-state index in [2.05, 4.69) is 10.6 Å². The monoisotopic (exact) mass is 343 g/mol. The molecule has 0 heterocycles. The van der Waals surface area contributed by atoms with Crippen LogP contribution in [0.5, 0.6) is 0 Å². The van der Waals surface area contributed by atoms with E-state index in [1.807, 2.05) is 0 Å². The fraction of sp³-hybridized carbons (Fsp3) is 0.500. The standard InChI is InChI=1S/C16H22FN3O2.ClH/c17-13-5-3-4-12(8-13)9-14(21)19-10-15(22)20-16(11-18)6-1-2-7-16;/h3-5,8H,1-2,6-7,9-11,18H2,(H,19,21)(H,20,22);1H. The number of hydrogen-bond donors (Lipinski definition) is 3. The fourth-order valence-corrected chi connectivity index (χ4v) is 2.85. The van der Waals surface area contributed by atoms with Crippen molar-refractivity contribution in [3.8, 4) is 0 Å². The summed E-state index contributed by atoms with van der Waals surface area (Å²) in [6.45, 7) is 0.325. The number of carbonyl (C=O) groups excluding carboxylic acids is 2. The van der Waals surface area contributed by atoms with Crippen LogP contribution in [0.1, 0.15) is 31.2 Å². The lowest BCUT2D eigenvalue weighted by molar-refractivity contribution is -0.126. The van der Waals surface area contributed by atoms with Gasteiger partial charge in [-0.25, -0.2) is 4.39 Å². The second kappa shape index (κ2) is 8.84. The van der Waals surface area contributed by atoms with Crippen molar-refractivity contribution in [3.05, 3.63) is 35.6 Å². The van der Waals surface area contributed by atoms with Crippen molar-refractivity contribution in [1.82, 2.24) is 10.6 Å². The van der Waals surface area contributed by atoms with Gasteiger partial charge >= 0.3 is 0 Å². The Morgan fingerprint density at radius 2 is 1.91 bits per heavy atom. The van der Waals surface area contributed by atoms with Crippen LogP contribution in [0.15, 0.2) is 24.3 Å². The van der Waals surface area contributed by atoms with Gasteiger partial charge in [-0.15, -0.1) is 12.4 Å². The second-order valence-corrected chi connectivity index (χ2v) is 5.82. The lowest BCUT2D eigenvalue weighted by Gasteiger charge is -2.28. The van der Waals surface area contributed by atoms with E-state index in [1.54, 1.807) is 12.1 Å². The average molecular weight is 344 g/mol. The molecular formula is C16H23ClFN3O2. The first-order valence-corrected chi connectivity index (χ1v) is 7.55. The Balaban J connectivity index is 0.00000264. The third kappa shape index (κ3) is 5.80. The van der Waals surface area contributed by atoms with Gasteiger partial charge in [-0.3, -0.25) is 9.59 Å². The fourth-order valence-electron chi connectivity index (χ4n) is 2.85. The Hall–Kier alpha value is -1.66. The van der Waals surface area contributed by atoms with Gasteiger partial charge in [-0.05, 0) is 30.5 Å². The number of benzene rings is 1. The highest BCUT2D eigenvalue weighted by Gasteiger charge is 2.33. The molecule has 1 aliphatic rings. The minimum absolute atomic E-state index is 0. The number of nitrogens with two attached hydrogens (primary N) is 1. The topological polar surface area (TPSA) is 84.2 Å². The quantitative estimate of drug-likeness (QED) is 0.727. The van der Waals surface area contributed by atoms with Gasteiger partial charge in [-0.1, -0.05) is 25.0 Å². The molecule has 128 valence electrons. The molecule has 1 aliphatic carbocycles. The van der Waals surface area contributed by atoms with E-state index < -0.39 is 0 Å². The first-order valence-electron chi connectivity index (χ1n) is 7.55. The van der Waals surface area contributed by atoms with E-state index in [9.17, 15) is 14.0 Å². The van der Waals surface area contributed by atoms with E-state index in [4.69, 9.17) is 5.73 Å². The Morgan fingerprint density at radius 3 is 2.52 bits per heavy atom. The maximum atomic E-state index is 13.0. The predicted octanol–water partition coefficient (Wildman–Crippen LogP) is 1.29. The SMILES string of the molecule is Cl.NCC1(NC(=O)CNC(=O)Cc2cccc(F)c2)CCCC1. The number of halogens is 2. The van der Waals surface area contributed by atoms with Crippen LogP contribution in [0.2, 0.25) is 0 Å². The summed E-state index contributed by atoms with van der Waals surface area (Å²) >= 11 is 0. The molecule has 2 rings (SSSR count). The van der Waals surface area contributed by atoms with Gasteiger partial charge in [0.05, 0.1) is 18.5 Å². The Kier molecular flexibility index (Phi) is 7.45. The van der Waals surface area contributed by atoms with Crippen LogP contribution in [0.3, 0.4) is 0 Å². The lowest BCUT2D eigenvalue weighted by Crippen LogP contribution is -2.54. The number of hydrogen-bond acceptors (Lipinski definition) is 3. The number of carbonyl (C=O) groups is 2. The average Bonchev–Trinajstić information content (AvgIpc) is 2.94. The van der Waals surface area contributed by atoms with Gasteiger partial charge in [0.25, 0.3) is 0 Å².